The maximum atomic E-state index is 10.8. The number of carbonyl (C=O) groups is 1. The number of nitrogens with one attached hydrogen (secondary N) is 1. The molecule has 2 rings (SSSR count). The zero-order chi connectivity index (χ0) is 9.26. The van der Waals surface area contributed by atoms with Crippen LogP contribution in [0.1, 0.15) is 18.1 Å². The Morgan fingerprint density at radius 3 is 2.92 bits per heavy atom. The fourth-order valence-electron chi connectivity index (χ4n) is 1.75. The Labute approximate surface area is 78.0 Å². The second-order valence-corrected chi connectivity index (χ2v) is 3.38. The van der Waals surface area contributed by atoms with Gasteiger partial charge in [-0.3, -0.25) is 4.79 Å². The van der Waals surface area contributed by atoms with Gasteiger partial charge in [0.15, 0.2) is 0 Å². The van der Waals surface area contributed by atoms with Gasteiger partial charge in [-0.05, 0) is 17.5 Å². The second-order valence-electron chi connectivity index (χ2n) is 3.38. The van der Waals surface area contributed by atoms with E-state index >= 15 is 0 Å². The van der Waals surface area contributed by atoms with E-state index in [0.29, 0.717) is 0 Å². The molecule has 1 N–H and O–H groups in total. The average molecular weight is 174 g/mol. The van der Waals surface area contributed by atoms with Gasteiger partial charge in [-0.15, -0.1) is 0 Å². The molecule has 0 aromatic heterocycles. The molecular weight excluding hydrogens is 162 g/mol. The molecule has 0 spiro atoms. The minimum atomic E-state index is 0.0362. The van der Waals surface area contributed by atoms with Crippen LogP contribution in [0.3, 0.4) is 0 Å². The molecule has 1 aromatic carbocycles. The molecule has 0 saturated carbocycles. The number of hydrogen-bond donors (Lipinski definition) is 1. The number of benzene rings is 1. The van der Waals surface area contributed by atoms with E-state index < -0.39 is 0 Å². The quantitative estimate of drug-likeness (QED) is 0.683. The third kappa shape index (κ3) is 1.72. The van der Waals surface area contributed by atoms with E-state index in [9.17, 15) is 4.79 Å². The summed E-state index contributed by atoms with van der Waals surface area (Å²) in [6, 6.07) is 8.42. The highest BCUT2D eigenvalue weighted by molar-refractivity contribution is 5.73. The highest BCUT2D eigenvalue weighted by atomic mass is 16.1. The molecule has 1 atom stereocenters. The number of amides is 1. The fraction of sp³-hybridized carbons (Fsp3) is 0.273. The van der Waals surface area contributed by atoms with E-state index in [1.807, 2.05) is 12.1 Å². The monoisotopic (exact) mass is 174 g/mol. The lowest BCUT2D eigenvalue weighted by Gasteiger charge is -2.08. The van der Waals surface area contributed by atoms with E-state index in [-0.39, 0.29) is 11.9 Å². The lowest BCUT2D eigenvalue weighted by molar-refractivity contribution is -0.119. The van der Waals surface area contributed by atoms with Crippen LogP contribution in [0.4, 0.5) is 0 Å². The lowest BCUT2D eigenvalue weighted by Crippen LogP contribution is -2.32. The molecule has 0 saturated heterocycles. The third-order valence-corrected chi connectivity index (χ3v) is 2.26. The number of rotatable bonds is 1. The van der Waals surface area contributed by atoms with Crippen molar-refractivity contribution in [2.75, 3.05) is 0 Å². The van der Waals surface area contributed by atoms with Crippen molar-refractivity contribution in [3.05, 3.63) is 41.8 Å². The molecule has 0 bridgehead atoms. The van der Waals surface area contributed by atoms with Crippen LogP contribution in [0.5, 0.6) is 0 Å². The number of hydrogen-bond acceptors (Lipinski definition) is 1. The van der Waals surface area contributed by atoms with Crippen LogP contribution >= 0.6 is 0 Å². The summed E-state index contributed by atoms with van der Waals surface area (Å²) >= 11 is 0. The summed E-state index contributed by atoms with van der Waals surface area (Å²) in [7, 11) is 0. The molecule has 1 aliphatic rings. The molecule has 0 aliphatic heterocycles. The summed E-state index contributed by atoms with van der Waals surface area (Å²) in [5, 5.41) is 2.89. The van der Waals surface area contributed by atoms with Gasteiger partial charge in [0, 0.05) is 19.4 Å². The van der Waals surface area contributed by atoms with Crippen LogP contribution in [0, 0.1) is 6.42 Å². The summed E-state index contributed by atoms with van der Waals surface area (Å²) in [5.41, 5.74) is 2.57. The van der Waals surface area contributed by atoms with Crippen molar-refractivity contribution in [1.82, 2.24) is 5.32 Å². The maximum absolute atomic E-state index is 10.8. The molecule has 1 aromatic rings. The molecule has 0 fully saturated rings. The first kappa shape index (κ1) is 8.30. The molecule has 1 radical (unpaired) electrons. The van der Waals surface area contributed by atoms with Gasteiger partial charge in [-0.2, -0.15) is 0 Å². The van der Waals surface area contributed by atoms with E-state index in [1.165, 1.54) is 11.1 Å². The molecule has 1 unspecified atom stereocenters. The van der Waals surface area contributed by atoms with Crippen LogP contribution in [-0.4, -0.2) is 11.9 Å². The highest BCUT2D eigenvalue weighted by Gasteiger charge is 2.21. The molecule has 1 aliphatic carbocycles. The summed E-state index contributed by atoms with van der Waals surface area (Å²) in [5.74, 6) is 0.0362. The maximum Gasteiger partial charge on any atom is 0.217 e. The van der Waals surface area contributed by atoms with Crippen molar-refractivity contribution in [3.8, 4) is 0 Å². The van der Waals surface area contributed by atoms with Gasteiger partial charge in [0.2, 0.25) is 5.91 Å². The predicted molar refractivity (Wildman–Crippen MR) is 51.2 cm³/mol. The van der Waals surface area contributed by atoms with Crippen molar-refractivity contribution < 1.29 is 4.79 Å². The first-order chi connectivity index (χ1) is 6.25. The SMILES string of the molecule is CC(=O)NC1[CH]c2ccccc2C1. The van der Waals surface area contributed by atoms with E-state index in [1.54, 1.807) is 6.92 Å². The van der Waals surface area contributed by atoms with Crippen LogP contribution in [0.15, 0.2) is 24.3 Å². The predicted octanol–water partition coefficient (Wildman–Crippen LogP) is 1.30. The first-order valence-corrected chi connectivity index (χ1v) is 4.45. The van der Waals surface area contributed by atoms with Crippen LogP contribution in [0.2, 0.25) is 0 Å². The number of carbonyl (C=O) groups excluding carboxylic acids is 1. The standard InChI is InChI=1S/C11H12NO/c1-8(13)12-11-6-9-4-2-3-5-10(9)7-11/h2-6,11H,7H2,1H3,(H,12,13). The van der Waals surface area contributed by atoms with Crippen molar-refractivity contribution in [2.24, 2.45) is 0 Å². The van der Waals surface area contributed by atoms with Gasteiger partial charge >= 0.3 is 0 Å². The van der Waals surface area contributed by atoms with Crippen molar-refractivity contribution in [2.45, 2.75) is 19.4 Å². The smallest absolute Gasteiger partial charge is 0.217 e. The second kappa shape index (κ2) is 3.21. The van der Waals surface area contributed by atoms with Gasteiger partial charge in [0.1, 0.15) is 0 Å². The summed E-state index contributed by atoms with van der Waals surface area (Å²) in [6.07, 6.45) is 3.03. The number of fused-ring (bicyclic) bond motifs is 1. The molecule has 13 heavy (non-hydrogen) atoms. The Balaban J connectivity index is 2.09. The summed E-state index contributed by atoms with van der Waals surface area (Å²) in [6.45, 7) is 1.55. The lowest BCUT2D eigenvalue weighted by atomic mass is 10.1. The Kier molecular flexibility index (Phi) is 2.05. The van der Waals surface area contributed by atoms with E-state index in [2.05, 4.69) is 23.9 Å². The Hall–Kier alpha value is -1.31. The Morgan fingerprint density at radius 1 is 1.46 bits per heavy atom. The molecular formula is C11H12NO. The van der Waals surface area contributed by atoms with Crippen molar-refractivity contribution in [3.63, 3.8) is 0 Å². The summed E-state index contributed by atoms with van der Waals surface area (Å²) < 4.78 is 0. The van der Waals surface area contributed by atoms with Crippen molar-refractivity contribution >= 4 is 5.91 Å². The molecule has 1 amide bonds. The zero-order valence-electron chi connectivity index (χ0n) is 7.58. The largest absolute Gasteiger partial charge is 0.353 e. The van der Waals surface area contributed by atoms with E-state index in [4.69, 9.17) is 0 Å². The van der Waals surface area contributed by atoms with Gasteiger partial charge in [-0.25, -0.2) is 0 Å². The minimum Gasteiger partial charge on any atom is -0.353 e. The zero-order valence-corrected chi connectivity index (χ0v) is 7.58. The average Bonchev–Trinajstić information content (AvgIpc) is 2.44. The van der Waals surface area contributed by atoms with Gasteiger partial charge < -0.3 is 5.32 Å². The van der Waals surface area contributed by atoms with Gasteiger partial charge in [0.25, 0.3) is 0 Å². The van der Waals surface area contributed by atoms with Crippen LogP contribution < -0.4 is 5.32 Å². The summed E-state index contributed by atoms with van der Waals surface area (Å²) in [4.78, 5) is 10.8. The molecule has 67 valence electrons. The van der Waals surface area contributed by atoms with Gasteiger partial charge in [0.05, 0.1) is 0 Å². The van der Waals surface area contributed by atoms with E-state index in [0.717, 1.165) is 6.42 Å². The topological polar surface area (TPSA) is 29.1 Å². The highest BCUT2D eigenvalue weighted by Crippen LogP contribution is 2.23. The van der Waals surface area contributed by atoms with Gasteiger partial charge in [-0.1, -0.05) is 24.3 Å². The third-order valence-electron chi connectivity index (χ3n) is 2.26. The normalized spacial score (nSPS) is 15.5. The molecule has 2 heteroatoms. The van der Waals surface area contributed by atoms with Crippen LogP contribution in [0.25, 0.3) is 0 Å². The van der Waals surface area contributed by atoms with Crippen molar-refractivity contribution in [1.29, 1.82) is 0 Å². The first-order valence-electron chi connectivity index (χ1n) is 4.45. The Bertz CT molecular complexity index is 308. The Morgan fingerprint density at radius 2 is 2.23 bits per heavy atom. The molecule has 2 nitrogen and oxygen atoms in total. The fourth-order valence-corrected chi connectivity index (χ4v) is 1.75. The van der Waals surface area contributed by atoms with Crippen LogP contribution in [-0.2, 0) is 11.2 Å². The molecule has 0 heterocycles. The minimum absolute atomic E-state index is 0.0362.